The van der Waals surface area contributed by atoms with Crippen molar-refractivity contribution in [3.8, 4) is 5.75 Å². The van der Waals surface area contributed by atoms with Crippen molar-refractivity contribution in [1.29, 1.82) is 0 Å². The maximum absolute atomic E-state index is 12.6. The van der Waals surface area contributed by atoms with E-state index in [1.807, 2.05) is 31.2 Å². The lowest BCUT2D eigenvalue weighted by Crippen LogP contribution is -2.40. The second kappa shape index (κ2) is 12.3. The number of hydrogen-bond donors (Lipinski definition) is 0. The number of aryl methyl sites for hydroxylation is 1. The molecule has 1 aromatic rings. The minimum atomic E-state index is -0.389. The third-order valence-corrected chi connectivity index (χ3v) is 4.04. The fourth-order valence-corrected chi connectivity index (χ4v) is 2.52. The van der Waals surface area contributed by atoms with Crippen molar-refractivity contribution in [2.24, 2.45) is 5.92 Å². The van der Waals surface area contributed by atoms with Gasteiger partial charge in [-0.25, -0.2) is 0 Å². The number of rotatable bonds is 12. The Morgan fingerprint density at radius 2 is 2.00 bits per heavy atom. The molecule has 6 heteroatoms. The molecular formula is C20H31NO5. The number of carbonyl (C=O) groups is 2. The number of benzene rings is 1. The van der Waals surface area contributed by atoms with Gasteiger partial charge in [-0.2, -0.15) is 0 Å². The van der Waals surface area contributed by atoms with Crippen molar-refractivity contribution in [2.45, 2.75) is 33.6 Å². The largest absolute Gasteiger partial charge is 0.484 e. The monoisotopic (exact) mass is 365 g/mol. The summed E-state index contributed by atoms with van der Waals surface area (Å²) in [5.74, 6) is -0.198. The molecule has 0 radical (unpaired) electrons. The van der Waals surface area contributed by atoms with E-state index in [0.717, 1.165) is 12.0 Å². The zero-order valence-corrected chi connectivity index (χ0v) is 16.3. The van der Waals surface area contributed by atoms with Gasteiger partial charge in [0.25, 0.3) is 5.91 Å². The van der Waals surface area contributed by atoms with Gasteiger partial charge >= 0.3 is 5.97 Å². The molecule has 1 atom stereocenters. The molecule has 0 aliphatic carbocycles. The van der Waals surface area contributed by atoms with Gasteiger partial charge in [0.05, 0.1) is 13.0 Å². The highest BCUT2D eigenvalue weighted by Gasteiger charge is 2.21. The Morgan fingerprint density at radius 3 is 2.65 bits per heavy atom. The first-order chi connectivity index (χ1) is 12.5. The summed E-state index contributed by atoms with van der Waals surface area (Å²) >= 11 is 0. The Bertz CT molecular complexity index is 561. The molecule has 0 saturated heterocycles. The fourth-order valence-electron chi connectivity index (χ4n) is 2.52. The molecule has 0 saturated carbocycles. The molecule has 146 valence electrons. The van der Waals surface area contributed by atoms with Crippen molar-refractivity contribution < 1.29 is 23.8 Å². The van der Waals surface area contributed by atoms with E-state index in [-0.39, 0.29) is 24.4 Å². The maximum Gasteiger partial charge on any atom is 0.310 e. The van der Waals surface area contributed by atoms with Gasteiger partial charge in [0.1, 0.15) is 5.75 Å². The number of hydrogen-bond acceptors (Lipinski definition) is 5. The molecular weight excluding hydrogens is 334 g/mol. The molecule has 1 rings (SSSR count). The number of methoxy groups -OCH3 is 1. The number of ether oxygens (including phenoxy) is 3. The molecule has 1 amide bonds. The number of carbonyl (C=O) groups excluding carboxylic acids is 2. The van der Waals surface area contributed by atoms with Crippen LogP contribution in [0.15, 0.2) is 24.3 Å². The van der Waals surface area contributed by atoms with Crippen LogP contribution in [0.4, 0.5) is 0 Å². The van der Waals surface area contributed by atoms with Gasteiger partial charge in [0.2, 0.25) is 0 Å². The van der Waals surface area contributed by atoms with E-state index in [0.29, 0.717) is 38.5 Å². The Morgan fingerprint density at radius 1 is 1.23 bits per heavy atom. The van der Waals surface area contributed by atoms with E-state index in [1.165, 1.54) is 7.11 Å². The Balaban J connectivity index is 2.64. The molecule has 0 N–H and O–H groups in total. The van der Waals surface area contributed by atoms with Crippen LogP contribution in [0.5, 0.6) is 5.75 Å². The first-order valence-corrected chi connectivity index (χ1v) is 9.16. The first-order valence-electron chi connectivity index (χ1n) is 9.16. The highest BCUT2D eigenvalue weighted by atomic mass is 16.5. The molecule has 0 heterocycles. The van der Waals surface area contributed by atoms with E-state index < -0.39 is 0 Å². The molecule has 1 unspecified atom stereocenters. The molecule has 0 aromatic heterocycles. The van der Waals surface area contributed by atoms with Crippen LogP contribution in [0.3, 0.4) is 0 Å². The minimum Gasteiger partial charge on any atom is -0.484 e. The second-order valence-corrected chi connectivity index (χ2v) is 6.10. The standard InChI is InChI=1S/C20H31NO5/c1-5-17-9-7-10-18(13-17)26-15-19(22)21(11-8-12-25-6-2)14-16(3)20(23)24-4/h7,9-10,13,16H,5-6,8,11-12,14-15H2,1-4H3. The predicted octanol–water partition coefficient (Wildman–Crippen LogP) is 2.69. The smallest absolute Gasteiger partial charge is 0.310 e. The Kier molecular flexibility index (Phi) is 10.4. The Hall–Kier alpha value is -2.08. The average Bonchev–Trinajstić information content (AvgIpc) is 2.67. The Labute approximate surface area is 156 Å². The normalized spacial score (nSPS) is 11.7. The van der Waals surface area contributed by atoms with Crippen molar-refractivity contribution in [1.82, 2.24) is 4.90 Å². The molecule has 1 aromatic carbocycles. The zero-order chi connectivity index (χ0) is 19.4. The lowest BCUT2D eigenvalue weighted by atomic mass is 10.1. The van der Waals surface area contributed by atoms with Crippen LogP contribution < -0.4 is 4.74 Å². The number of amides is 1. The van der Waals surface area contributed by atoms with E-state index in [9.17, 15) is 9.59 Å². The lowest BCUT2D eigenvalue weighted by molar-refractivity contribution is -0.146. The maximum atomic E-state index is 12.6. The van der Waals surface area contributed by atoms with Gasteiger partial charge in [-0.3, -0.25) is 9.59 Å². The second-order valence-electron chi connectivity index (χ2n) is 6.10. The summed E-state index contributed by atoms with van der Waals surface area (Å²) in [7, 11) is 1.35. The molecule has 0 fully saturated rings. The summed E-state index contributed by atoms with van der Waals surface area (Å²) in [6.07, 6.45) is 1.62. The topological polar surface area (TPSA) is 65.1 Å². The molecule has 0 bridgehead atoms. The van der Waals surface area contributed by atoms with Crippen LogP contribution in [0.25, 0.3) is 0 Å². The summed E-state index contributed by atoms with van der Waals surface area (Å²) < 4.78 is 15.7. The van der Waals surface area contributed by atoms with Crippen molar-refractivity contribution in [2.75, 3.05) is 40.0 Å². The summed E-state index contributed by atoms with van der Waals surface area (Å²) in [4.78, 5) is 25.9. The van der Waals surface area contributed by atoms with Crippen LogP contribution in [-0.2, 0) is 25.5 Å². The van der Waals surface area contributed by atoms with Crippen molar-refractivity contribution >= 4 is 11.9 Å². The van der Waals surface area contributed by atoms with Crippen LogP contribution in [0.2, 0.25) is 0 Å². The van der Waals surface area contributed by atoms with E-state index in [4.69, 9.17) is 14.2 Å². The van der Waals surface area contributed by atoms with Crippen LogP contribution >= 0.6 is 0 Å². The van der Waals surface area contributed by atoms with Gasteiger partial charge in [-0.1, -0.05) is 26.0 Å². The average molecular weight is 365 g/mol. The number of nitrogens with zero attached hydrogens (tertiary/aromatic N) is 1. The van der Waals surface area contributed by atoms with Gasteiger partial charge in [0, 0.05) is 26.3 Å². The molecule has 6 nitrogen and oxygen atoms in total. The fraction of sp³-hybridized carbons (Fsp3) is 0.600. The predicted molar refractivity (Wildman–Crippen MR) is 100 cm³/mol. The van der Waals surface area contributed by atoms with Gasteiger partial charge in [-0.05, 0) is 37.5 Å². The first kappa shape index (κ1) is 22.0. The molecule has 0 spiro atoms. The number of esters is 1. The van der Waals surface area contributed by atoms with Crippen molar-refractivity contribution in [3.63, 3.8) is 0 Å². The van der Waals surface area contributed by atoms with Crippen LogP contribution in [0, 0.1) is 5.92 Å². The van der Waals surface area contributed by atoms with Gasteiger partial charge in [-0.15, -0.1) is 0 Å². The van der Waals surface area contributed by atoms with E-state index in [2.05, 4.69) is 6.92 Å². The third kappa shape index (κ3) is 7.87. The SMILES string of the molecule is CCOCCCN(CC(C)C(=O)OC)C(=O)COc1cccc(CC)c1. The van der Waals surface area contributed by atoms with E-state index >= 15 is 0 Å². The highest BCUT2D eigenvalue weighted by molar-refractivity contribution is 5.79. The lowest BCUT2D eigenvalue weighted by Gasteiger charge is -2.25. The van der Waals surface area contributed by atoms with Gasteiger partial charge in [0.15, 0.2) is 6.61 Å². The summed E-state index contributed by atoms with van der Waals surface area (Å²) in [6, 6.07) is 7.71. The third-order valence-electron chi connectivity index (χ3n) is 4.04. The molecule has 0 aliphatic heterocycles. The van der Waals surface area contributed by atoms with Gasteiger partial charge < -0.3 is 19.1 Å². The summed E-state index contributed by atoms with van der Waals surface area (Å²) in [5, 5.41) is 0. The highest BCUT2D eigenvalue weighted by Crippen LogP contribution is 2.14. The van der Waals surface area contributed by atoms with E-state index in [1.54, 1.807) is 11.8 Å². The zero-order valence-electron chi connectivity index (χ0n) is 16.3. The quantitative estimate of drug-likeness (QED) is 0.421. The van der Waals surface area contributed by atoms with Crippen LogP contribution in [0.1, 0.15) is 32.8 Å². The van der Waals surface area contributed by atoms with Crippen molar-refractivity contribution in [3.05, 3.63) is 29.8 Å². The summed E-state index contributed by atoms with van der Waals surface area (Å²) in [6.45, 7) is 7.72. The summed E-state index contributed by atoms with van der Waals surface area (Å²) in [5.41, 5.74) is 1.16. The van der Waals surface area contributed by atoms with Crippen LogP contribution in [-0.4, -0.2) is 56.8 Å². The molecule has 26 heavy (non-hydrogen) atoms. The minimum absolute atomic E-state index is 0.0598. The molecule has 0 aliphatic rings.